The van der Waals surface area contributed by atoms with E-state index in [1.807, 2.05) is 0 Å². The van der Waals surface area contributed by atoms with Crippen molar-refractivity contribution < 1.29 is 60.7 Å². The predicted molar refractivity (Wildman–Crippen MR) is 106 cm³/mol. The van der Waals surface area contributed by atoms with Crippen molar-refractivity contribution in [2.75, 3.05) is 0 Å². The molecule has 2 unspecified atom stereocenters. The van der Waals surface area contributed by atoms with Crippen molar-refractivity contribution in [2.24, 2.45) is 11.5 Å². The number of carboxylic acids is 4. The van der Waals surface area contributed by atoms with Crippen LogP contribution in [0.15, 0.2) is 0 Å². The Morgan fingerprint density at radius 3 is 0.828 bits per heavy atom. The van der Waals surface area contributed by atoms with Gasteiger partial charge in [-0.15, -0.1) is 0 Å². The second kappa shape index (κ2) is 28.7. The minimum absolute atomic E-state index is 0. The Morgan fingerprint density at radius 2 is 0.759 bits per heavy atom. The standard InChI is InChI=1S/C6H14N2.4C3H6O2.Pt/c7-5-3-1-2-4-6(5)8;4*1-2-3(4)5;/h5-6H,1-4,7-8H2;4*2H2,1H3,(H,4,5);. The predicted octanol–water partition coefficient (Wildman–Crippen LogP) is 2.14. The molecule has 11 heteroatoms. The average molecular weight is 606 g/mol. The molecule has 0 amide bonds. The van der Waals surface area contributed by atoms with Gasteiger partial charge in [-0.3, -0.25) is 19.2 Å². The maximum atomic E-state index is 9.37. The molecule has 1 fully saturated rings. The van der Waals surface area contributed by atoms with Crippen LogP contribution in [0, 0.1) is 0 Å². The molecule has 29 heavy (non-hydrogen) atoms. The number of rotatable bonds is 4. The topological polar surface area (TPSA) is 201 Å². The zero-order valence-electron chi connectivity index (χ0n) is 17.7. The molecular weight excluding hydrogens is 567 g/mol. The minimum atomic E-state index is -0.745. The Bertz CT molecular complexity index is 357. The Labute approximate surface area is 187 Å². The number of nitrogens with two attached hydrogens (primary N) is 2. The number of carboxylic acid groups (broad SMARTS) is 4. The van der Waals surface area contributed by atoms with Crippen molar-refractivity contribution >= 4 is 23.9 Å². The third-order valence-electron chi connectivity index (χ3n) is 3.08. The van der Waals surface area contributed by atoms with Crippen molar-refractivity contribution in [2.45, 2.75) is 91.1 Å². The van der Waals surface area contributed by atoms with Crippen LogP contribution in [-0.4, -0.2) is 56.4 Å². The maximum Gasteiger partial charge on any atom is 0.303 e. The zero-order chi connectivity index (χ0) is 23.1. The van der Waals surface area contributed by atoms with Crippen LogP contribution in [0.2, 0.25) is 0 Å². The van der Waals surface area contributed by atoms with E-state index in [1.165, 1.54) is 12.8 Å². The first-order valence-electron chi connectivity index (χ1n) is 9.27. The van der Waals surface area contributed by atoms with Gasteiger partial charge < -0.3 is 31.9 Å². The van der Waals surface area contributed by atoms with E-state index in [1.54, 1.807) is 27.7 Å². The Morgan fingerprint density at radius 1 is 0.621 bits per heavy atom. The fraction of sp³-hybridized carbons (Fsp3) is 0.778. The van der Waals surface area contributed by atoms with Gasteiger partial charge in [0.1, 0.15) is 0 Å². The van der Waals surface area contributed by atoms with Crippen LogP contribution in [-0.2, 0) is 40.2 Å². The van der Waals surface area contributed by atoms with Gasteiger partial charge in [-0.2, -0.15) is 0 Å². The SMILES string of the molecule is CCC(=O)O.CCC(=O)O.CCC(=O)O.CCC(=O)O.NC1CCCCC1N.[Pt]. The number of aliphatic carboxylic acids is 4. The molecule has 0 spiro atoms. The summed E-state index contributed by atoms with van der Waals surface area (Å²) in [5, 5.41) is 30.9. The molecule has 0 radical (unpaired) electrons. The van der Waals surface area contributed by atoms with E-state index < -0.39 is 23.9 Å². The van der Waals surface area contributed by atoms with Gasteiger partial charge in [0.25, 0.3) is 0 Å². The van der Waals surface area contributed by atoms with Crippen molar-refractivity contribution in [3.05, 3.63) is 0 Å². The normalized spacial score (nSPS) is 16.1. The number of hydrogen-bond donors (Lipinski definition) is 6. The Kier molecular flexibility index (Phi) is 37.7. The van der Waals surface area contributed by atoms with Gasteiger partial charge in [0.15, 0.2) is 0 Å². The molecule has 0 saturated heterocycles. The molecule has 0 aromatic heterocycles. The Balaban J connectivity index is -0.0000000838. The molecule has 0 bridgehead atoms. The first-order valence-corrected chi connectivity index (χ1v) is 9.27. The number of carbonyl (C=O) groups is 4. The van der Waals surface area contributed by atoms with E-state index in [9.17, 15) is 19.2 Å². The summed E-state index contributed by atoms with van der Waals surface area (Å²) >= 11 is 0. The molecule has 0 aromatic rings. The first-order chi connectivity index (χ1) is 12.9. The van der Waals surface area contributed by atoms with Crippen LogP contribution >= 0.6 is 0 Å². The molecule has 2 atom stereocenters. The average Bonchev–Trinajstić information content (AvgIpc) is 2.65. The van der Waals surface area contributed by atoms with E-state index in [2.05, 4.69) is 0 Å². The summed E-state index contributed by atoms with van der Waals surface area (Å²) in [5.41, 5.74) is 11.3. The Hall–Kier alpha value is -1.51. The summed E-state index contributed by atoms with van der Waals surface area (Å²) in [6.07, 6.45) is 5.69. The summed E-state index contributed by atoms with van der Waals surface area (Å²) in [7, 11) is 0. The summed E-state index contributed by atoms with van der Waals surface area (Å²) in [4.78, 5) is 37.5. The third-order valence-corrected chi connectivity index (χ3v) is 3.08. The van der Waals surface area contributed by atoms with Crippen molar-refractivity contribution in [1.82, 2.24) is 0 Å². The van der Waals surface area contributed by atoms with Crippen LogP contribution in [0.3, 0.4) is 0 Å². The van der Waals surface area contributed by atoms with E-state index in [-0.39, 0.29) is 58.8 Å². The van der Waals surface area contributed by atoms with Gasteiger partial charge in [-0.1, -0.05) is 40.5 Å². The zero-order valence-corrected chi connectivity index (χ0v) is 20.0. The quantitative estimate of drug-likeness (QED) is 0.276. The molecule has 0 aliphatic heterocycles. The van der Waals surface area contributed by atoms with E-state index in [0.29, 0.717) is 0 Å². The summed E-state index contributed by atoms with van der Waals surface area (Å²) in [6.45, 7) is 6.40. The van der Waals surface area contributed by atoms with Crippen LogP contribution in [0.1, 0.15) is 79.1 Å². The van der Waals surface area contributed by atoms with Crippen LogP contribution in [0.25, 0.3) is 0 Å². The van der Waals surface area contributed by atoms with Crippen molar-refractivity contribution in [1.29, 1.82) is 0 Å². The van der Waals surface area contributed by atoms with Gasteiger partial charge in [-0.25, -0.2) is 0 Å². The van der Waals surface area contributed by atoms with Crippen LogP contribution < -0.4 is 11.5 Å². The summed E-state index contributed by atoms with van der Waals surface area (Å²) in [6, 6.07) is 0.562. The first kappa shape index (κ1) is 38.1. The van der Waals surface area contributed by atoms with Gasteiger partial charge in [-0.05, 0) is 12.8 Å². The third kappa shape index (κ3) is 51.9. The molecule has 178 valence electrons. The molecule has 1 saturated carbocycles. The van der Waals surface area contributed by atoms with Gasteiger partial charge >= 0.3 is 23.9 Å². The van der Waals surface area contributed by atoms with Gasteiger partial charge in [0, 0.05) is 58.8 Å². The largest absolute Gasteiger partial charge is 0.481 e. The molecule has 0 heterocycles. The number of hydrogen-bond acceptors (Lipinski definition) is 6. The fourth-order valence-corrected chi connectivity index (χ4v) is 1.19. The molecule has 1 rings (SSSR count). The van der Waals surface area contributed by atoms with Crippen LogP contribution in [0.5, 0.6) is 0 Å². The monoisotopic (exact) mass is 605 g/mol. The second-order valence-corrected chi connectivity index (χ2v) is 5.60. The van der Waals surface area contributed by atoms with Crippen molar-refractivity contribution in [3.63, 3.8) is 0 Å². The maximum absolute atomic E-state index is 9.37. The van der Waals surface area contributed by atoms with E-state index in [0.717, 1.165) is 12.8 Å². The molecular formula is C18H38N2O8Pt. The van der Waals surface area contributed by atoms with E-state index in [4.69, 9.17) is 31.9 Å². The summed E-state index contributed by atoms with van der Waals surface area (Å²) < 4.78 is 0. The minimum Gasteiger partial charge on any atom is -0.481 e. The fourth-order valence-electron chi connectivity index (χ4n) is 1.19. The van der Waals surface area contributed by atoms with Gasteiger partial charge in [0.2, 0.25) is 0 Å². The van der Waals surface area contributed by atoms with Crippen molar-refractivity contribution in [3.8, 4) is 0 Å². The van der Waals surface area contributed by atoms with Crippen LogP contribution in [0.4, 0.5) is 0 Å². The molecule has 0 aromatic carbocycles. The smallest absolute Gasteiger partial charge is 0.303 e. The second-order valence-electron chi connectivity index (χ2n) is 5.60. The molecule has 8 N–H and O–H groups in total. The molecule has 1 aliphatic rings. The van der Waals surface area contributed by atoms with E-state index >= 15 is 0 Å². The molecule has 10 nitrogen and oxygen atoms in total. The summed E-state index contributed by atoms with van der Waals surface area (Å²) in [5.74, 6) is -2.98. The molecule has 1 aliphatic carbocycles. The van der Waals surface area contributed by atoms with Gasteiger partial charge in [0.05, 0.1) is 0 Å².